The molecule has 0 aromatic heterocycles. The average molecular weight is 382 g/mol. The molecule has 0 radical (unpaired) electrons. The summed E-state index contributed by atoms with van der Waals surface area (Å²) in [5.41, 5.74) is 4.38. The van der Waals surface area contributed by atoms with Gasteiger partial charge in [0.2, 0.25) is 0 Å². The van der Waals surface area contributed by atoms with Crippen molar-refractivity contribution in [3.63, 3.8) is 0 Å². The van der Waals surface area contributed by atoms with Crippen molar-refractivity contribution in [1.82, 2.24) is 4.90 Å². The first-order valence-electron chi connectivity index (χ1n) is 10.3. The zero-order chi connectivity index (χ0) is 20.5. The Labute approximate surface area is 170 Å². The first-order chi connectivity index (χ1) is 13.1. The van der Waals surface area contributed by atoms with E-state index < -0.39 is 0 Å². The maximum atomic E-state index is 11.4. The number of phenolic OH excluding ortho intramolecular Hbond substituents is 1. The van der Waals surface area contributed by atoms with Crippen molar-refractivity contribution in [2.75, 3.05) is 26.3 Å². The maximum Gasteiger partial charge on any atom is 0.124 e. The number of rotatable bonds is 3. The molecule has 3 nitrogen and oxygen atoms in total. The molecule has 1 saturated heterocycles. The number of ether oxygens (including phenoxy) is 1. The van der Waals surface area contributed by atoms with Crippen LogP contribution in [-0.2, 0) is 15.6 Å². The Bertz CT molecular complexity index is 794. The van der Waals surface area contributed by atoms with E-state index in [1.54, 1.807) is 0 Å². The van der Waals surface area contributed by atoms with Gasteiger partial charge in [-0.3, -0.25) is 4.90 Å². The molecule has 2 aromatic rings. The van der Waals surface area contributed by atoms with Gasteiger partial charge in [0.15, 0.2) is 0 Å². The van der Waals surface area contributed by atoms with E-state index >= 15 is 0 Å². The van der Waals surface area contributed by atoms with Crippen LogP contribution in [0.25, 0.3) is 0 Å². The second-order valence-electron chi connectivity index (χ2n) is 9.92. The lowest BCUT2D eigenvalue weighted by Crippen LogP contribution is -2.39. The summed E-state index contributed by atoms with van der Waals surface area (Å²) in [7, 11) is 0. The van der Waals surface area contributed by atoms with E-state index in [-0.39, 0.29) is 16.9 Å². The fourth-order valence-corrected chi connectivity index (χ4v) is 3.93. The minimum atomic E-state index is -0.133. The second-order valence-corrected chi connectivity index (χ2v) is 9.92. The summed E-state index contributed by atoms with van der Waals surface area (Å²) >= 11 is 0. The lowest BCUT2D eigenvalue weighted by molar-refractivity contribution is 0.0235. The number of aromatic hydroxyl groups is 1. The second kappa shape index (κ2) is 7.88. The van der Waals surface area contributed by atoms with Crippen LogP contribution in [0.1, 0.15) is 69.8 Å². The highest BCUT2D eigenvalue weighted by Gasteiger charge is 2.31. The van der Waals surface area contributed by atoms with Crippen molar-refractivity contribution in [2.45, 2.75) is 58.4 Å². The van der Waals surface area contributed by atoms with Crippen molar-refractivity contribution in [1.29, 1.82) is 0 Å². The van der Waals surface area contributed by atoms with Gasteiger partial charge in [-0.15, -0.1) is 0 Å². The van der Waals surface area contributed by atoms with Crippen LogP contribution in [0.15, 0.2) is 42.5 Å². The standard InChI is InChI=1S/C25H35NO2/c1-24(2,3)19-16-20(23(27)21(17-19)25(4,5)6)22(18-10-8-7-9-11-18)26-12-14-28-15-13-26/h7-11,16-17,22,27H,12-15H2,1-6H3. The van der Waals surface area contributed by atoms with Gasteiger partial charge in [0.25, 0.3) is 0 Å². The molecule has 1 atom stereocenters. The quantitative estimate of drug-likeness (QED) is 0.772. The van der Waals surface area contributed by atoms with Crippen LogP contribution in [0.5, 0.6) is 5.75 Å². The molecule has 1 heterocycles. The molecule has 3 rings (SSSR count). The highest BCUT2D eigenvalue weighted by molar-refractivity contribution is 5.52. The maximum absolute atomic E-state index is 11.4. The van der Waals surface area contributed by atoms with Crippen molar-refractivity contribution in [3.05, 3.63) is 64.7 Å². The van der Waals surface area contributed by atoms with Crippen LogP contribution in [-0.4, -0.2) is 36.3 Å². The van der Waals surface area contributed by atoms with Crippen molar-refractivity contribution >= 4 is 0 Å². The van der Waals surface area contributed by atoms with E-state index in [0.717, 1.165) is 37.4 Å². The van der Waals surface area contributed by atoms with Gasteiger partial charge in [-0.1, -0.05) is 77.9 Å². The smallest absolute Gasteiger partial charge is 0.124 e. The molecule has 0 bridgehead atoms. The molecule has 3 heteroatoms. The third-order valence-electron chi connectivity index (χ3n) is 5.63. The Balaban J connectivity index is 2.23. The average Bonchev–Trinajstić information content (AvgIpc) is 2.63. The van der Waals surface area contributed by atoms with Crippen LogP contribution < -0.4 is 0 Å². The van der Waals surface area contributed by atoms with Gasteiger partial charge >= 0.3 is 0 Å². The minimum Gasteiger partial charge on any atom is -0.507 e. The Hall–Kier alpha value is -1.84. The molecule has 1 N–H and O–H groups in total. The summed E-state index contributed by atoms with van der Waals surface area (Å²) in [6.45, 7) is 16.4. The summed E-state index contributed by atoms with van der Waals surface area (Å²) in [4.78, 5) is 2.44. The zero-order valence-corrected chi connectivity index (χ0v) is 18.2. The lowest BCUT2D eigenvalue weighted by Gasteiger charge is -2.37. The number of hydrogen-bond acceptors (Lipinski definition) is 3. The van der Waals surface area contributed by atoms with E-state index in [0.29, 0.717) is 5.75 Å². The third kappa shape index (κ3) is 4.42. The molecular formula is C25H35NO2. The fraction of sp³-hybridized carbons (Fsp3) is 0.520. The Kier molecular flexibility index (Phi) is 5.88. The van der Waals surface area contributed by atoms with Crippen molar-refractivity contribution < 1.29 is 9.84 Å². The van der Waals surface area contributed by atoms with Crippen molar-refractivity contribution in [3.8, 4) is 5.75 Å². The third-order valence-corrected chi connectivity index (χ3v) is 5.63. The van der Waals surface area contributed by atoms with E-state index in [9.17, 15) is 5.11 Å². The summed E-state index contributed by atoms with van der Waals surface area (Å²) in [5, 5.41) is 11.4. The van der Waals surface area contributed by atoms with E-state index in [1.807, 2.05) is 6.07 Å². The van der Waals surface area contributed by atoms with Crippen LogP contribution in [0.3, 0.4) is 0 Å². The number of phenols is 1. The van der Waals surface area contributed by atoms with Gasteiger partial charge in [-0.25, -0.2) is 0 Å². The highest BCUT2D eigenvalue weighted by Crippen LogP contribution is 2.43. The van der Waals surface area contributed by atoms with Gasteiger partial charge in [0, 0.05) is 18.7 Å². The SMILES string of the molecule is CC(C)(C)c1cc(C(c2ccccc2)N2CCOCC2)c(O)c(C(C)(C)C)c1. The molecule has 28 heavy (non-hydrogen) atoms. The number of morpholine rings is 1. The minimum absolute atomic E-state index is 0.00863. The Morgan fingerprint density at radius 3 is 2.04 bits per heavy atom. The molecule has 152 valence electrons. The number of hydrogen-bond donors (Lipinski definition) is 1. The Morgan fingerprint density at radius 2 is 1.50 bits per heavy atom. The molecule has 1 aliphatic heterocycles. The molecule has 2 aromatic carbocycles. The number of nitrogens with zero attached hydrogens (tertiary/aromatic N) is 1. The predicted molar refractivity (Wildman–Crippen MR) is 116 cm³/mol. The topological polar surface area (TPSA) is 32.7 Å². The summed E-state index contributed by atoms with van der Waals surface area (Å²) in [6.07, 6.45) is 0. The molecule has 1 fully saturated rings. The van der Waals surface area contributed by atoms with Gasteiger partial charge in [-0.05, 0) is 33.6 Å². The van der Waals surface area contributed by atoms with Gasteiger partial charge in [-0.2, -0.15) is 0 Å². The summed E-state index contributed by atoms with van der Waals surface area (Å²) in [5.74, 6) is 0.431. The lowest BCUT2D eigenvalue weighted by atomic mass is 9.77. The molecular weight excluding hydrogens is 346 g/mol. The van der Waals surface area contributed by atoms with E-state index in [2.05, 4.69) is 82.8 Å². The number of benzene rings is 2. The monoisotopic (exact) mass is 381 g/mol. The summed E-state index contributed by atoms with van der Waals surface area (Å²) in [6, 6.07) is 15.0. The van der Waals surface area contributed by atoms with Gasteiger partial charge < -0.3 is 9.84 Å². The van der Waals surface area contributed by atoms with Crippen molar-refractivity contribution in [2.24, 2.45) is 0 Å². The van der Waals surface area contributed by atoms with Crippen LogP contribution in [0.4, 0.5) is 0 Å². The molecule has 0 aliphatic carbocycles. The van der Waals surface area contributed by atoms with E-state index in [1.165, 1.54) is 11.1 Å². The zero-order valence-electron chi connectivity index (χ0n) is 18.2. The van der Waals surface area contributed by atoms with Crippen LogP contribution >= 0.6 is 0 Å². The fourth-order valence-electron chi connectivity index (χ4n) is 3.93. The first-order valence-corrected chi connectivity index (χ1v) is 10.3. The molecule has 0 saturated carbocycles. The van der Waals surface area contributed by atoms with Gasteiger partial charge in [0.05, 0.1) is 19.3 Å². The van der Waals surface area contributed by atoms with E-state index in [4.69, 9.17) is 4.74 Å². The molecule has 1 aliphatic rings. The summed E-state index contributed by atoms with van der Waals surface area (Å²) < 4.78 is 5.60. The molecule has 0 amide bonds. The van der Waals surface area contributed by atoms with Crippen LogP contribution in [0, 0.1) is 0 Å². The van der Waals surface area contributed by atoms with Gasteiger partial charge in [0.1, 0.15) is 5.75 Å². The predicted octanol–water partition coefficient (Wildman–Crippen LogP) is 5.41. The largest absolute Gasteiger partial charge is 0.507 e. The highest BCUT2D eigenvalue weighted by atomic mass is 16.5. The molecule has 1 unspecified atom stereocenters. The molecule has 0 spiro atoms. The van der Waals surface area contributed by atoms with Crippen LogP contribution in [0.2, 0.25) is 0 Å². The normalized spacial score (nSPS) is 17.5. The Morgan fingerprint density at radius 1 is 0.893 bits per heavy atom. The first kappa shape index (κ1) is 20.9.